The number of nitrogens with one attached hydrogen (secondary N) is 2. The van der Waals surface area contributed by atoms with E-state index in [2.05, 4.69) is 25.8 Å². The second-order valence-electron chi connectivity index (χ2n) is 4.03. The highest BCUT2D eigenvalue weighted by Gasteiger charge is 2.23. The molecule has 0 spiro atoms. The molecule has 0 bridgehead atoms. The van der Waals surface area contributed by atoms with Crippen molar-refractivity contribution in [1.29, 1.82) is 0 Å². The first-order valence-corrected chi connectivity index (χ1v) is 5.50. The standard InChI is InChI=1S/C10H12N6O/c17-8(14-7-1-2-7)5-12-9-10-15-13-6-16(10)4-3-11-9/h3-4,6-7H,1-2,5H2,(H,11,12)(H,14,17). The summed E-state index contributed by atoms with van der Waals surface area (Å²) < 4.78 is 1.74. The van der Waals surface area contributed by atoms with Crippen molar-refractivity contribution in [3.05, 3.63) is 18.7 Å². The largest absolute Gasteiger partial charge is 0.358 e. The minimum absolute atomic E-state index is 0.0178. The summed E-state index contributed by atoms with van der Waals surface area (Å²) in [6.45, 7) is 0.204. The van der Waals surface area contributed by atoms with Gasteiger partial charge >= 0.3 is 0 Å². The van der Waals surface area contributed by atoms with Crippen molar-refractivity contribution in [2.75, 3.05) is 11.9 Å². The Morgan fingerprint density at radius 2 is 2.41 bits per heavy atom. The second kappa shape index (κ2) is 4.00. The second-order valence-corrected chi connectivity index (χ2v) is 4.03. The topological polar surface area (TPSA) is 84.2 Å². The lowest BCUT2D eigenvalue weighted by molar-refractivity contribution is -0.119. The van der Waals surface area contributed by atoms with Crippen LogP contribution in [0.1, 0.15) is 12.8 Å². The van der Waals surface area contributed by atoms with Gasteiger partial charge in [0.2, 0.25) is 11.6 Å². The molecule has 1 saturated carbocycles. The van der Waals surface area contributed by atoms with Crippen molar-refractivity contribution in [1.82, 2.24) is 24.9 Å². The Balaban J connectivity index is 1.67. The van der Waals surface area contributed by atoms with Crippen LogP contribution in [0.5, 0.6) is 0 Å². The number of anilines is 1. The van der Waals surface area contributed by atoms with E-state index in [1.807, 2.05) is 0 Å². The van der Waals surface area contributed by atoms with Crippen LogP contribution in [0.15, 0.2) is 18.7 Å². The van der Waals surface area contributed by atoms with Gasteiger partial charge < -0.3 is 10.6 Å². The van der Waals surface area contributed by atoms with Gasteiger partial charge in [0.05, 0.1) is 6.54 Å². The molecule has 0 aliphatic heterocycles. The quantitative estimate of drug-likeness (QED) is 0.763. The third-order valence-corrected chi connectivity index (χ3v) is 2.57. The van der Waals surface area contributed by atoms with Gasteiger partial charge in [0.25, 0.3) is 0 Å². The van der Waals surface area contributed by atoms with E-state index < -0.39 is 0 Å². The van der Waals surface area contributed by atoms with Crippen LogP contribution < -0.4 is 10.6 Å². The van der Waals surface area contributed by atoms with E-state index in [0.29, 0.717) is 17.5 Å². The first kappa shape index (κ1) is 10.0. The minimum atomic E-state index is -0.0178. The molecule has 1 fully saturated rings. The van der Waals surface area contributed by atoms with Gasteiger partial charge in [0.1, 0.15) is 6.33 Å². The van der Waals surface area contributed by atoms with Gasteiger partial charge in [-0.1, -0.05) is 0 Å². The summed E-state index contributed by atoms with van der Waals surface area (Å²) in [4.78, 5) is 15.6. The number of amides is 1. The lowest BCUT2D eigenvalue weighted by Crippen LogP contribution is -2.31. The molecule has 7 nitrogen and oxygen atoms in total. The number of nitrogens with zero attached hydrogens (tertiary/aromatic N) is 4. The zero-order valence-electron chi connectivity index (χ0n) is 9.13. The van der Waals surface area contributed by atoms with E-state index in [4.69, 9.17) is 0 Å². The highest BCUT2D eigenvalue weighted by molar-refractivity contribution is 5.82. The molecule has 0 atom stereocenters. The molecule has 88 valence electrons. The molecule has 2 heterocycles. The molecule has 7 heteroatoms. The molecule has 1 aliphatic rings. The van der Waals surface area contributed by atoms with Crippen LogP contribution in [0.3, 0.4) is 0 Å². The Kier molecular flexibility index (Phi) is 2.36. The number of hydrogen-bond acceptors (Lipinski definition) is 5. The Morgan fingerprint density at radius 1 is 1.53 bits per heavy atom. The summed E-state index contributed by atoms with van der Waals surface area (Å²) in [5.41, 5.74) is 0.617. The summed E-state index contributed by atoms with van der Waals surface area (Å²) in [6.07, 6.45) is 7.15. The normalized spacial score (nSPS) is 14.8. The first-order valence-electron chi connectivity index (χ1n) is 5.50. The molecule has 1 amide bonds. The minimum Gasteiger partial charge on any atom is -0.358 e. The highest BCUT2D eigenvalue weighted by atomic mass is 16.2. The Bertz CT molecular complexity index is 546. The van der Waals surface area contributed by atoms with Crippen molar-refractivity contribution in [2.24, 2.45) is 0 Å². The van der Waals surface area contributed by atoms with Crippen LogP contribution in [0.2, 0.25) is 0 Å². The lowest BCUT2D eigenvalue weighted by atomic mass is 10.5. The van der Waals surface area contributed by atoms with Gasteiger partial charge in [-0.25, -0.2) is 4.98 Å². The number of fused-ring (bicyclic) bond motifs is 1. The van der Waals surface area contributed by atoms with E-state index in [0.717, 1.165) is 12.8 Å². The fraction of sp³-hybridized carbons (Fsp3) is 0.400. The maximum Gasteiger partial charge on any atom is 0.239 e. The molecular formula is C10H12N6O. The van der Waals surface area contributed by atoms with Gasteiger partial charge in [-0.2, -0.15) is 0 Å². The van der Waals surface area contributed by atoms with Gasteiger partial charge in [0.15, 0.2) is 5.82 Å². The van der Waals surface area contributed by atoms with E-state index >= 15 is 0 Å². The summed E-state index contributed by atoms with van der Waals surface area (Å²) in [5, 5.41) is 13.6. The smallest absolute Gasteiger partial charge is 0.239 e. The monoisotopic (exact) mass is 232 g/mol. The fourth-order valence-corrected chi connectivity index (χ4v) is 1.55. The number of hydrogen-bond donors (Lipinski definition) is 2. The van der Waals surface area contributed by atoms with Gasteiger partial charge in [0, 0.05) is 18.4 Å². The molecule has 2 aromatic rings. The molecule has 0 unspecified atom stereocenters. The Hall–Kier alpha value is -2.18. The molecule has 0 saturated heterocycles. The zero-order valence-corrected chi connectivity index (χ0v) is 9.13. The van der Waals surface area contributed by atoms with E-state index in [1.165, 1.54) is 0 Å². The van der Waals surface area contributed by atoms with Gasteiger partial charge in [-0.05, 0) is 12.8 Å². The SMILES string of the molecule is O=C(CNc1nccn2cnnc12)NC1CC1. The fourth-order valence-electron chi connectivity index (χ4n) is 1.55. The molecule has 0 aromatic carbocycles. The zero-order chi connectivity index (χ0) is 11.7. The third kappa shape index (κ3) is 2.17. The predicted molar refractivity (Wildman–Crippen MR) is 60.4 cm³/mol. The van der Waals surface area contributed by atoms with Crippen molar-refractivity contribution >= 4 is 17.4 Å². The molecule has 2 N–H and O–H groups in total. The predicted octanol–water partition coefficient (Wildman–Crippen LogP) is -0.185. The highest BCUT2D eigenvalue weighted by Crippen LogP contribution is 2.18. The van der Waals surface area contributed by atoms with Crippen molar-refractivity contribution in [3.63, 3.8) is 0 Å². The van der Waals surface area contributed by atoms with Crippen LogP contribution in [-0.2, 0) is 4.79 Å². The molecular weight excluding hydrogens is 220 g/mol. The van der Waals surface area contributed by atoms with Gasteiger partial charge in [-0.3, -0.25) is 9.20 Å². The molecule has 17 heavy (non-hydrogen) atoms. The van der Waals surface area contributed by atoms with E-state index in [1.54, 1.807) is 23.1 Å². The summed E-state index contributed by atoms with van der Waals surface area (Å²) in [6, 6.07) is 0.376. The van der Waals surface area contributed by atoms with Crippen LogP contribution >= 0.6 is 0 Å². The maximum absolute atomic E-state index is 11.5. The number of rotatable bonds is 4. The molecule has 2 aromatic heterocycles. The molecule has 0 radical (unpaired) electrons. The van der Waals surface area contributed by atoms with E-state index in [9.17, 15) is 4.79 Å². The van der Waals surface area contributed by atoms with Crippen LogP contribution in [-0.4, -0.2) is 38.1 Å². The number of aromatic nitrogens is 4. The summed E-state index contributed by atoms with van der Waals surface area (Å²) in [7, 11) is 0. The summed E-state index contributed by atoms with van der Waals surface area (Å²) in [5.74, 6) is 0.548. The average Bonchev–Trinajstić information content (AvgIpc) is 3.00. The maximum atomic E-state index is 11.5. The molecule has 3 rings (SSSR count). The van der Waals surface area contributed by atoms with Crippen LogP contribution in [0.4, 0.5) is 5.82 Å². The first-order chi connectivity index (χ1) is 8.33. The van der Waals surface area contributed by atoms with Crippen molar-refractivity contribution in [2.45, 2.75) is 18.9 Å². The lowest BCUT2D eigenvalue weighted by Gasteiger charge is -2.06. The Morgan fingerprint density at radius 3 is 3.24 bits per heavy atom. The van der Waals surface area contributed by atoms with Crippen molar-refractivity contribution < 1.29 is 4.79 Å². The number of carbonyl (C=O) groups excluding carboxylic acids is 1. The van der Waals surface area contributed by atoms with Gasteiger partial charge in [-0.15, -0.1) is 10.2 Å². The van der Waals surface area contributed by atoms with Crippen LogP contribution in [0, 0.1) is 0 Å². The summed E-state index contributed by atoms with van der Waals surface area (Å²) >= 11 is 0. The van der Waals surface area contributed by atoms with Crippen molar-refractivity contribution in [3.8, 4) is 0 Å². The van der Waals surface area contributed by atoms with E-state index in [-0.39, 0.29) is 12.5 Å². The number of carbonyl (C=O) groups is 1. The van der Waals surface area contributed by atoms with Crippen LogP contribution in [0.25, 0.3) is 5.65 Å². The molecule has 1 aliphatic carbocycles. The third-order valence-electron chi connectivity index (χ3n) is 2.57. The average molecular weight is 232 g/mol. The Labute approximate surface area is 97.3 Å².